The molecule has 0 heterocycles. The van der Waals surface area contributed by atoms with Gasteiger partial charge in [0.2, 0.25) is 0 Å². The summed E-state index contributed by atoms with van der Waals surface area (Å²) in [7, 11) is 0. The largest absolute Gasteiger partial charge is 0.388 e. The van der Waals surface area contributed by atoms with E-state index in [1.165, 1.54) is 6.92 Å². The smallest absolute Gasteiger partial charge is 0.146 e. The Morgan fingerprint density at radius 2 is 2.07 bits per heavy atom. The average molecular weight is 197 g/mol. The fourth-order valence-corrected chi connectivity index (χ4v) is 0.868. The highest BCUT2D eigenvalue weighted by molar-refractivity contribution is 5.81. The minimum Gasteiger partial charge on any atom is -0.388 e. The minimum atomic E-state index is -0.334. The van der Waals surface area contributed by atoms with Crippen LogP contribution in [0.4, 0.5) is 0 Å². The Kier molecular flexibility index (Phi) is 6.66. The molecule has 0 bridgehead atoms. The monoisotopic (exact) mass is 197 g/mol. The maximum absolute atomic E-state index is 10.8. The number of Topliss-reactive ketones (excluding diaryl/α,β-unsaturated/α-hetero) is 1. The van der Waals surface area contributed by atoms with Crippen LogP contribution >= 0.6 is 0 Å². The van der Waals surface area contributed by atoms with Crippen molar-refractivity contribution in [1.82, 2.24) is 0 Å². The Hall–Kier alpha value is -1.16. The molecule has 4 N–H and O–H groups in total. The molecule has 4 nitrogen and oxygen atoms in total. The van der Waals surface area contributed by atoms with Gasteiger partial charge in [-0.3, -0.25) is 9.79 Å². The maximum Gasteiger partial charge on any atom is 0.146 e. The summed E-state index contributed by atoms with van der Waals surface area (Å²) in [4.78, 5) is 14.8. The fourth-order valence-electron chi connectivity index (χ4n) is 0.868. The highest BCUT2D eigenvalue weighted by Gasteiger charge is 2.04. The molecule has 0 unspecified atom stereocenters. The molecule has 0 aliphatic rings. The van der Waals surface area contributed by atoms with E-state index < -0.39 is 0 Å². The summed E-state index contributed by atoms with van der Waals surface area (Å²) in [6.45, 7) is 3.85. The van der Waals surface area contributed by atoms with E-state index in [0.717, 1.165) is 6.42 Å². The van der Waals surface area contributed by atoms with Gasteiger partial charge in [-0.15, -0.1) is 0 Å². The number of hydrogen-bond donors (Lipinski definition) is 2. The SMILES string of the molecule is CC(=O)[C@@H](N)CC/C=C\CN=C(C)N. The minimum absolute atomic E-state index is 0.0363. The molecule has 0 rings (SSSR count). The van der Waals surface area contributed by atoms with Gasteiger partial charge in [-0.05, 0) is 26.7 Å². The number of aliphatic imine (C=N–C) groups is 1. The van der Waals surface area contributed by atoms with Gasteiger partial charge in [0.25, 0.3) is 0 Å². The molecule has 80 valence electrons. The zero-order valence-electron chi connectivity index (χ0n) is 8.86. The molecule has 0 fully saturated rings. The quantitative estimate of drug-likeness (QED) is 0.372. The first-order valence-corrected chi connectivity index (χ1v) is 4.71. The molecule has 0 radical (unpaired) electrons. The van der Waals surface area contributed by atoms with Gasteiger partial charge in [0.15, 0.2) is 0 Å². The van der Waals surface area contributed by atoms with Crippen molar-refractivity contribution < 1.29 is 4.79 Å². The number of nitrogens with zero attached hydrogens (tertiary/aromatic N) is 1. The predicted molar refractivity (Wildman–Crippen MR) is 59.2 cm³/mol. The number of carbonyl (C=O) groups excluding carboxylic acids is 1. The third-order valence-corrected chi connectivity index (χ3v) is 1.78. The third kappa shape index (κ3) is 7.49. The second-order valence-electron chi connectivity index (χ2n) is 3.25. The van der Waals surface area contributed by atoms with Crippen LogP contribution < -0.4 is 11.5 Å². The maximum atomic E-state index is 10.8. The highest BCUT2D eigenvalue weighted by Crippen LogP contribution is 1.96. The lowest BCUT2D eigenvalue weighted by atomic mass is 10.1. The number of carbonyl (C=O) groups is 1. The number of allylic oxidation sites excluding steroid dienone is 1. The summed E-state index contributed by atoms with van der Waals surface area (Å²) in [5.74, 6) is 0.615. The lowest BCUT2D eigenvalue weighted by Crippen LogP contribution is -2.27. The molecular formula is C10H19N3O. The first kappa shape index (κ1) is 12.8. The molecule has 14 heavy (non-hydrogen) atoms. The zero-order valence-corrected chi connectivity index (χ0v) is 8.86. The van der Waals surface area contributed by atoms with Crippen LogP contribution in [0.1, 0.15) is 26.7 Å². The van der Waals surface area contributed by atoms with Crippen molar-refractivity contribution in [3.8, 4) is 0 Å². The normalized spacial score (nSPS) is 14.6. The van der Waals surface area contributed by atoms with Crippen molar-refractivity contribution in [2.75, 3.05) is 6.54 Å². The molecule has 4 heteroatoms. The molecule has 0 amide bonds. The van der Waals surface area contributed by atoms with Gasteiger partial charge in [-0.2, -0.15) is 0 Å². The van der Waals surface area contributed by atoms with Gasteiger partial charge in [-0.25, -0.2) is 0 Å². The van der Waals surface area contributed by atoms with Gasteiger partial charge in [-0.1, -0.05) is 12.2 Å². The van der Waals surface area contributed by atoms with Crippen LogP contribution in [0.25, 0.3) is 0 Å². The second-order valence-corrected chi connectivity index (χ2v) is 3.25. The van der Waals surface area contributed by atoms with Crippen LogP contribution in [0.15, 0.2) is 17.1 Å². The summed E-state index contributed by atoms with van der Waals surface area (Å²) >= 11 is 0. The molecule has 0 aromatic heterocycles. The van der Waals surface area contributed by atoms with Crippen LogP contribution in [0, 0.1) is 0 Å². The standard InChI is InChI=1S/C10H19N3O/c1-8(14)10(12)6-4-3-5-7-13-9(2)11/h3,5,10H,4,6-7,12H2,1-2H3,(H2,11,13)/b5-3-/t10-/m0/s1. The van der Waals surface area contributed by atoms with Crippen LogP contribution in [-0.2, 0) is 4.79 Å². The van der Waals surface area contributed by atoms with Gasteiger partial charge in [0.05, 0.1) is 18.4 Å². The molecule has 1 atom stereocenters. The summed E-state index contributed by atoms with van der Waals surface area (Å²) in [6, 6.07) is -0.334. The van der Waals surface area contributed by atoms with Gasteiger partial charge >= 0.3 is 0 Å². The van der Waals surface area contributed by atoms with E-state index in [9.17, 15) is 4.79 Å². The first-order valence-electron chi connectivity index (χ1n) is 4.71. The van der Waals surface area contributed by atoms with Crippen molar-refractivity contribution in [3.63, 3.8) is 0 Å². The highest BCUT2D eigenvalue weighted by atomic mass is 16.1. The molecule has 0 saturated heterocycles. The number of hydrogen-bond acceptors (Lipinski definition) is 3. The Morgan fingerprint density at radius 1 is 1.43 bits per heavy atom. The Bertz CT molecular complexity index is 230. The Labute approximate surface area is 85.1 Å². The lowest BCUT2D eigenvalue weighted by Gasteiger charge is -2.03. The van der Waals surface area contributed by atoms with Crippen molar-refractivity contribution in [2.45, 2.75) is 32.7 Å². The molecule has 0 aromatic carbocycles. The van der Waals surface area contributed by atoms with Crippen LogP contribution in [0.2, 0.25) is 0 Å². The van der Waals surface area contributed by atoms with E-state index in [2.05, 4.69) is 4.99 Å². The van der Waals surface area contributed by atoms with Crippen molar-refractivity contribution in [3.05, 3.63) is 12.2 Å². The summed E-state index contributed by atoms with van der Waals surface area (Å²) in [5.41, 5.74) is 10.9. The van der Waals surface area contributed by atoms with Crippen molar-refractivity contribution in [2.24, 2.45) is 16.5 Å². The average Bonchev–Trinajstić information content (AvgIpc) is 2.09. The topological polar surface area (TPSA) is 81.5 Å². The molecule has 0 aromatic rings. The summed E-state index contributed by atoms with van der Waals surface area (Å²) in [5, 5.41) is 0. The van der Waals surface area contributed by atoms with Crippen molar-refractivity contribution in [1.29, 1.82) is 0 Å². The predicted octanol–water partition coefficient (Wildman–Crippen LogP) is 0.616. The van der Waals surface area contributed by atoms with Gasteiger partial charge in [0.1, 0.15) is 5.78 Å². The van der Waals surface area contributed by atoms with Crippen LogP contribution in [-0.4, -0.2) is 24.2 Å². The van der Waals surface area contributed by atoms with E-state index in [4.69, 9.17) is 11.5 Å². The zero-order chi connectivity index (χ0) is 11.0. The summed E-state index contributed by atoms with van der Waals surface area (Å²) < 4.78 is 0. The molecule has 0 spiro atoms. The van der Waals surface area contributed by atoms with E-state index >= 15 is 0 Å². The molecule has 0 aliphatic carbocycles. The number of amidine groups is 1. The van der Waals surface area contributed by atoms with E-state index in [1.807, 2.05) is 12.2 Å². The fraction of sp³-hybridized carbons (Fsp3) is 0.600. The molecule has 0 saturated carbocycles. The number of ketones is 1. The number of nitrogens with two attached hydrogens (primary N) is 2. The first-order chi connectivity index (χ1) is 6.54. The van der Waals surface area contributed by atoms with Crippen molar-refractivity contribution >= 4 is 11.6 Å². The van der Waals surface area contributed by atoms with Crippen LogP contribution in [0.3, 0.4) is 0 Å². The van der Waals surface area contributed by atoms with E-state index in [-0.39, 0.29) is 11.8 Å². The molecule has 0 aliphatic heterocycles. The van der Waals surface area contributed by atoms with E-state index in [1.54, 1.807) is 6.92 Å². The lowest BCUT2D eigenvalue weighted by molar-refractivity contribution is -0.118. The second kappa shape index (κ2) is 7.26. The molecular weight excluding hydrogens is 178 g/mol. The summed E-state index contributed by atoms with van der Waals surface area (Å²) in [6.07, 6.45) is 5.38. The van der Waals surface area contributed by atoms with Gasteiger partial charge < -0.3 is 11.5 Å². The van der Waals surface area contributed by atoms with Crippen LogP contribution in [0.5, 0.6) is 0 Å². The Morgan fingerprint density at radius 3 is 2.57 bits per heavy atom. The third-order valence-electron chi connectivity index (χ3n) is 1.78. The number of rotatable bonds is 6. The Balaban J connectivity index is 3.54. The van der Waals surface area contributed by atoms with E-state index in [0.29, 0.717) is 18.8 Å². The van der Waals surface area contributed by atoms with Gasteiger partial charge in [0, 0.05) is 0 Å².